The minimum Gasteiger partial charge on any atom is -0.381 e. The molecule has 1 saturated carbocycles. The van der Waals surface area contributed by atoms with E-state index in [0.29, 0.717) is 5.92 Å². The van der Waals surface area contributed by atoms with Crippen molar-refractivity contribution in [2.24, 2.45) is 0 Å². The van der Waals surface area contributed by atoms with E-state index < -0.39 is 0 Å². The second kappa shape index (κ2) is 8.10. The summed E-state index contributed by atoms with van der Waals surface area (Å²) in [4.78, 5) is 0. The zero-order valence-corrected chi connectivity index (χ0v) is 17.7. The maximum absolute atomic E-state index is 4.29. The van der Waals surface area contributed by atoms with Gasteiger partial charge >= 0.3 is 0 Å². The SMILES string of the molecule is [CH2-]Cn1c(-c2ccccc2[CH2-])c(C2CCCCC2)c2ccccc21.[Y]. The van der Waals surface area contributed by atoms with Crippen molar-refractivity contribution >= 4 is 10.9 Å². The molecule has 127 valence electrons. The van der Waals surface area contributed by atoms with Crippen LogP contribution in [0.25, 0.3) is 22.2 Å². The van der Waals surface area contributed by atoms with E-state index in [2.05, 4.69) is 66.9 Å². The molecule has 0 spiro atoms. The summed E-state index contributed by atoms with van der Waals surface area (Å²) in [5.41, 5.74) is 6.56. The van der Waals surface area contributed by atoms with Gasteiger partial charge < -0.3 is 11.5 Å². The summed E-state index contributed by atoms with van der Waals surface area (Å²) in [6.07, 6.45) is 6.68. The van der Waals surface area contributed by atoms with Gasteiger partial charge in [-0.1, -0.05) is 43.5 Å². The average Bonchev–Trinajstić information content (AvgIpc) is 2.97. The fraction of sp³-hybridized carbons (Fsp3) is 0.304. The molecule has 1 heterocycles. The zero-order valence-electron chi connectivity index (χ0n) is 14.9. The second-order valence-corrected chi connectivity index (χ2v) is 6.92. The molecule has 1 aromatic heterocycles. The van der Waals surface area contributed by atoms with Gasteiger partial charge in [0.1, 0.15) is 0 Å². The maximum Gasteiger partial charge on any atom is 0.0454 e. The predicted octanol–water partition coefficient (Wildman–Crippen LogP) is 6.37. The third-order valence-electron chi connectivity index (χ3n) is 5.52. The van der Waals surface area contributed by atoms with Crippen LogP contribution >= 0.6 is 0 Å². The Hall–Kier alpha value is -1.05. The number of benzene rings is 2. The fourth-order valence-corrected chi connectivity index (χ4v) is 4.41. The van der Waals surface area contributed by atoms with Gasteiger partial charge in [0.15, 0.2) is 0 Å². The molecule has 0 unspecified atom stereocenters. The first kappa shape index (κ1) is 18.7. The zero-order chi connectivity index (χ0) is 16.5. The van der Waals surface area contributed by atoms with Crippen LogP contribution in [0.15, 0.2) is 48.5 Å². The van der Waals surface area contributed by atoms with Crippen molar-refractivity contribution in [3.63, 3.8) is 0 Å². The van der Waals surface area contributed by atoms with Gasteiger partial charge in [-0.2, -0.15) is 18.6 Å². The van der Waals surface area contributed by atoms with Gasteiger partial charge in [-0.3, -0.25) is 0 Å². The van der Waals surface area contributed by atoms with Crippen LogP contribution in [0, 0.1) is 13.8 Å². The smallest absolute Gasteiger partial charge is 0.0454 e. The van der Waals surface area contributed by atoms with Crippen molar-refractivity contribution in [1.29, 1.82) is 0 Å². The van der Waals surface area contributed by atoms with Crippen molar-refractivity contribution in [1.82, 2.24) is 4.57 Å². The van der Waals surface area contributed by atoms with E-state index in [1.165, 1.54) is 59.8 Å². The minimum atomic E-state index is 0. The molecule has 2 heteroatoms. The third-order valence-corrected chi connectivity index (χ3v) is 5.52. The molecule has 1 aliphatic rings. The number of aromatic nitrogens is 1. The molecule has 0 aliphatic heterocycles. The Morgan fingerprint density at radius 3 is 2.32 bits per heavy atom. The molecule has 0 amide bonds. The number of para-hydroxylation sites is 1. The standard InChI is InChI=1S/C23H25N.Y/c1-3-24-21-16-10-9-15-20(21)22(18-12-5-4-6-13-18)23(24)19-14-8-7-11-17(19)2;/h7-11,14-16,18H,1-6,12-13H2;/q-2;. The van der Waals surface area contributed by atoms with Crippen molar-refractivity contribution in [3.05, 3.63) is 73.5 Å². The first-order valence-corrected chi connectivity index (χ1v) is 9.13. The summed E-state index contributed by atoms with van der Waals surface area (Å²) in [6.45, 7) is 9.26. The Morgan fingerprint density at radius 2 is 1.60 bits per heavy atom. The monoisotopic (exact) mass is 404 g/mol. The van der Waals surface area contributed by atoms with Crippen LogP contribution < -0.4 is 0 Å². The molecule has 1 aliphatic carbocycles. The summed E-state index contributed by atoms with van der Waals surface area (Å²) in [6, 6.07) is 17.4. The van der Waals surface area contributed by atoms with E-state index in [1.807, 2.05) is 0 Å². The first-order valence-electron chi connectivity index (χ1n) is 9.13. The largest absolute Gasteiger partial charge is 0.381 e. The molecular formula is C23H25NY-2. The van der Waals surface area contributed by atoms with Gasteiger partial charge in [-0.15, -0.1) is 24.2 Å². The third kappa shape index (κ3) is 3.34. The Morgan fingerprint density at radius 1 is 0.920 bits per heavy atom. The maximum atomic E-state index is 4.29. The molecule has 1 nitrogen and oxygen atoms in total. The van der Waals surface area contributed by atoms with E-state index in [-0.39, 0.29) is 32.7 Å². The molecular weight excluding hydrogens is 379 g/mol. The van der Waals surface area contributed by atoms with E-state index >= 15 is 0 Å². The molecule has 1 radical (unpaired) electrons. The van der Waals surface area contributed by atoms with Gasteiger partial charge in [0, 0.05) is 43.6 Å². The van der Waals surface area contributed by atoms with Crippen molar-refractivity contribution < 1.29 is 32.7 Å². The van der Waals surface area contributed by atoms with Crippen LogP contribution in [0.1, 0.15) is 49.1 Å². The molecule has 0 saturated heterocycles. The molecule has 0 N–H and O–H groups in total. The first-order chi connectivity index (χ1) is 11.8. The van der Waals surface area contributed by atoms with Crippen molar-refractivity contribution in [2.45, 2.75) is 44.6 Å². The van der Waals surface area contributed by atoms with Crippen LogP contribution in [0.2, 0.25) is 0 Å². The average molecular weight is 404 g/mol. The van der Waals surface area contributed by atoms with Gasteiger partial charge in [0.25, 0.3) is 0 Å². The van der Waals surface area contributed by atoms with E-state index in [9.17, 15) is 0 Å². The topological polar surface area (TPSA) is 4.93 Å². The second-order valence-electron chi connectivity index (χ2n) is 6.92. The number of nitrogens with zero attached hydrogens (tertiary/aromatic N) is 1. The summed E-state index contributed by atoms with van der Waals surface area (Å²) in [7, 11) is 0. The fourth-order valence-electron chi connectivity index (χ4n) is 4.41. The van der Waals surface area contributed by atoms with Gasteiger partial charge in [0.2, 0.25) is 0 Å². The van der Waals surface area contributed by atoms with Crippen molar-refractivity contribution in [2.75, 3.05) is 0 Å². The van der Waals surface area contributed by atoms with E-state index in [4.69, 9.17) is 0 Å². The Labute approximate surface area is 176 Å². The molecule has 3 aromatic rings. The minimum absolute atomic E-state index is 0. The Kier molecular flexibility index (Phi) is 6.07. The Balaban J connectivity index is 0.00000182. The summed E-state index contributed by atoms with van der Waals surface area (Å²) in [5.74, 6) is 0.658. The number of rotatable bonds is 3. The normalized spacial score (nSPS) is 15.2. The van der Waals surface area contributed by atoms with Gasteiger partial charge in [-0.05, 0) is 36.1 Å². The summed E-state index contributed by atoms with van der Waals surface area (Å²) < 4.78 is 2.39. The summed E-state index contributed by atoms with van der Waals surface area (Å²) >= 11 is 0. The Bertz CT molecular complexity index is 856. The van der Waals surface area contributed by atoms with Gasteiger partial charge in [-0.25, -0.2) is 0 Å². The molecule has 0 bridgehead atoms. The van der Waals surface area contributed by atoms with E-state index in [0.717, 1.165) is 12.1 Å². The van der Waals surface area contributed by atoms with Crippen LogP contribution in [-0.4, -0.2) is 4.57 Å². The number of hydrogen-bond donors (Lipinski definition) is 0. The van der Waals surface area contributed by atoms with Crippen LogP contribution in [0.4, 0.5) is 0 Å². The van der Waals surface area contributed by atoms with Crippen LogP contribution in [0.3, 0.4) is 0 Å². The molecule has 1 fully saturated rings. The molecule has 4 rings (SSSR count). The van der Waals surface area contributed by atoms with Crippen LogP contribution in [0.5, 0.6) is 0 Å². The van der Waals surface area contributed by atoms with Crippen molar-refractivity contribution in [3.8, 4) is 11.3 Å². The summed E-state index contributed by atoms with van der Waals surface area (Å²) in [5, 5.41) is 1.41. The van der Waals surface area contributed by atoms with E-state index in [1.54, 1.807) is 0 Å². The quantitative estimate of drug-likeness (QED) is 0.447. The van der Waals surface area contributed by atoms with Crippen LogP contribution in [-0.2, 0) is 39.3 Å². The van der Waals surface area contributed by atoms with Gasteiger partial charge in [0.05, 0.1) is 0 Å². The molecule has 2 aromatic carbocycles. The molecule has 25 heavy (non-hydrogen) atoms. The number of hydrogen-bond acceptors (Lipinski definition) is 0. The number of fused-ring (bicyclic) bond motifs is 1. The predicted molar refractivity (Wildman–Crippen MR) is 103 cm³/mol. The molecule has 0 atom stereocenters.